The molecule has 290 valence electrons. The summed E-state index contributed by atoms with van der Waals surface area (Å²) >= 11 is 0. The molecule has 2 aliphatic rings. The first kappa shape index (κ1) is 38.8. The van der Waals surface area contributed by atoms with E-state index in [1.165, 1.54) is 0 Å². The van der Waals surface area contributed by atoms with Gasteiger partial charge in [-0.3, -0.25) is 10.5 Å². The summed E-state index contributed by atoms with van der Waals surface area (Å²) in [5, 5.41) is 0. The highest BCUT2D eigenvalue weighted by Crippen LogP contribution is 2.27. The van der Waals surface area contributed by atoms with Gasteiger partial charge in [-0.2, -0.15) is 9.97 Å². The molecule has 17 heteroatoms. The highest BCUT2D eigenvalue weighted by Gasteiger charge is 2.32. The second-order valence-electron chi connectivity index (χ2n) is 14.4. The van der Waals surface area contributed by atoms with E-state index in [0.29, 0.717) is 109 Å². The van der Waals surface area contributed by atoms with Crippen molar-refractivity contribution in [1.82, 2.24) is 29.8 Å². The number of piperazine rings is 1. The number of amides is 2. The molecule has 4 aromatic rings. The Morgan fingerprint density at radius 2 is 1.34 bits per heavy atom. The summed E-state index contributed by atoms with van der Waals surface area (Å²) in [5.41, 5.74) is 32.7. The molecule has 0 radical (unpaired) electrons. The predicted molar refractivity (Wildman–Crippen MR) is 212 cm³/mol. The van der Waals surface area contributed by atoms with Crippen molar-refractivity contribution in [2.24, 2.45) is 11.7 Å². The van der Waals surface area contributed by atoms with Crippen LogP contribution in [0.4, 0.5) is 40.0 Å². The standard InChI is InChI=1S/C39H46N14O3/c1-24-29(9-5-26-7-11-31(40)45-21-26)35(49-37(44)46-24)51-17-19-52(20-18-51)38(55)56-39(3,4)23-53-22-27(8-12-32(53)41)6-10-30-25(2)47-36(43)48-34(30)50-15-13-28(14-16-50)33(42)54/h7-8,11-12,21-22,28,41H,13-20,23H2,1-4H3,(H8,40,42,43,44,45,46,47,48,49,54)/p+1. The Kier molecular flexibility index (Phi) is 11.3. The van der Waals surface area contributed by atoms with Crippen molar-refractivity contribution >= 4 is 47.2 Å². The van der Waals surface area contributed by atoms with Crippen molar-refractivity contribution in [1.29, 1.82) is 0 Å². The number of nitrogens with zero attached hydrogens (tertiary/aromatic N) is 9. The van der Waals surface area contributed by atoms with E-state index in [1.54, 1.807) is 29.3 Å². The summed E-state index contributed by atoms with van der Waals surface area (Å²) in [4.78, 5) is 52.8. The van der Waals surface area contributed by atoms with Gasteiger partial charge in [-0.15, -0.1) is 0 Å². The van der Waals surface area contributed by atoms with Crippen LogP contribution in [0.2, 0.25) is 0 Å². The average Bonchev–Trinajstić information content (AvgIpc) is 3.15. The van der Waals surface area contributed by atoms with E-state index in [0.717, 1.165) is 0 Å². The Morgan fingerprint density at radius 3 is 1.89 bits per heavy atom. The molecular formula is C39H47N14O3+. The molecule has 0 atom stereocenters. The van der Waals surface area contributed by atoms with Crippen molar-refractivity contribution in [3.05, 3.63) is 70.3 Å². The van der Waals surface area contributed by atoms with Crippen LogP contribution in [0.3, 0.4) is 0 Å². The van der Waals surface area contributed by atoms with Crippen molar-refractivity contribution in [3.8, 4) is 23.7 Å². The van der Waals surface area contributed by atoms with Gasteiger partial charge in [0, 0.05) is 63.0 Å². The zero-order chi connectivity index (χ0) is 40.1. The number of nitrogens with two attached hydrogens (primary N) is 5. The van der Waals surface area contributed by atoms with Gasteiger partial charge in [0.1, 0.15) is 35.8 Å². The van der Waals surface area contributed by atoms with Crippen molar-refractivity contribution in [2.75, 3.05) is 72.0 Å². The lowest BCUT2D eigenvalue weighted by atomic mass is 9.96. The second-order valence-corrected chi connectivity index (χ2v) is 14.4. The van der Waals surface area contributed by atoms with Crippen LogP contribution in [-0.4, -0.2) is 86.7 Å². The molecule has 2 aliphatic heterocycles. The SMILES string of the molecule is Cc1nc(N)nc(N2CCC(C(N)=O)CC2)c1C#Cc1ccc(N)[n+](CC(C)(C)OC(=O)N2CCN(c3nc(N)nc(C)c3C#Cc3ccc(N)nc3)CC2)c1. The van der Waals surface area contributed by atoms with Gasteiger partial charge in [0.25, 0.3) is 5.82 Å². The molecule has 2 amide bonds. The van der Waals surface area contributed by atoms with Crippen molar-refractivity contribution in [2.45, 2.75) is 52.7 Å². The number of carbonyl (C=O) groups excluding carboxylic acids is 2. The normalized spacial score (nSPS) is 14.7. The minimum Gasteiger partial charge on any atom is -0.439 e. The largest absolute Gasteiger partial charge is 0.439 e. The number of aromatic nitrogens is 6. The number of hydrogen-bond donors (Lipinski definition) is 5. The number of carbonyl (C=O) groups is 2. The molecule has 0 aliphatic carbocycles. The summed E-state index contributed by atoms with van der Waals surface area (Å²) in [7, 11) is 0. The molecule has 0 saturated carbocycles. The van der Waals surface area contributed by atoms with Crippen LogP contribution in [-0.2, 0) is 16.1 Å². The molecule has 4 aromatic heterocycles. The maximum Gasteiger partial charge on any atom is 0.410 e. The fourth-order valence-corrected chi connectivity index (χ4v) is 6.64. The molecule has 0 aromatic carbocycles. The van der Waals surface area contributed by atoms with Crippen molar-refractivity contribution in [3.63, 3.8) is 0 Å². The summed E-state index contributed by atoms with van der Waals surface area (Å²) in [6, 6.07) is 7.06. The molecule has 6 heterocycles. The molecule has 0 unspecified atom stereocenters. The first-order valence-electron chi connectivity index (χ1n) is 18.3. The minimum atomic E-state index is -0.928. The molecule has 17 nitrogen and oxygen atoms in total. The third-order valence-electron chi connectivity index (χ3n) is 9.64. The third kappa shape index (κ3) is 9.25. The minimum absolute atomic E-state index is 0.144. The molecule has 10 N–H and O–H groups in total. The van der Waals surface area contributed by atoms with Gasteiger partial charge in [0.05, 0.1) is 28.1 Å². The lowest BCUT2D eigenvalue weighted by Crippen LogP contribution is -2.53. The monoisotopic (exact) mass is 759 g/mol. The van der Waals surface area contributed by atoms with E-state index in [9.17, 15) is 9.59 Å². The number of aryl methyl sites for hydroxylation is 2. The molecule has 56 heavy (non-hydrogen) atoms. The topological polar surface area (TPSA) is 252 Å². The molecule has 0 bridgehead atoms. The van der Waals surface area contributed by atoms with E-state index < -0.39 is 11.7 Å². The van der Waals surface area contributed by atoms with Crippen LogP contribution in [0.15, 0.2) is 36.7 Å². The molecule has 6 rings (SSSR count). The average molecular weight is 760 g/mol. The Bertz CT molecular complexity index is 2260. The molecule has 2 saturated heterocycles. The van der Waals surface area contributed by atoms with Gasteiger partial charge in [-0.05, 0) is 58.7 Å². The van der Waals surface area contributed by atoms with Crippen LogP contribution >= 0.6 is 0 Å². The Morgan fingerprint density at radius 1 is 0.786 bits per heavy atom. The number of pyridine rings is 2. The van der Waals surface area contributed by atoms with Gasteiger partial charge < -0.3 is 42.4 Å². The number of rotatable bonds is 6. The quantitative estimate of drug-likeness (QED) is 0.137. The summed E-state index contributed by atoms with van der Waals surface area (Å²) in [5.74, 6) is 14.7. The molecular weight excluding hydrogens is 713 g/mol. The summed E-state index contributed by atoms with van der Waals surface area (Å²) in [6.45, 7) is 10.6. The Hall–Kier alpha value is -6.88. The van der Waals surface area contributed by atoms with E-state index in [1.807, 2.05) is 49.4 Å². The van der Waals surface area contributed by atoms with E-state index in [4.69, 9.17) is 33.4 Å². The third-order valence-corrected chi connectivity index (χ3v) is 9.64. The van der Waals surface area contributed by atoms with Gasteiger partial charge in [-0.25, -0.2) is 24.3 Å². The number of anilines is 6. The molecule has 2 fully saturated rings. The lowest BCUT2D eigenvalue weighted by molar-refractivity contribution is -0.695. The zero-order valence-electron chi connectivity index (χ0n) is 32.0. The highest BCUT2D eigenvalue weighted by atomic mass is 16.6. The van der Waals surface area contributed by atoms with Crippen LogP contribution < -0.4 is 43.0 Å². The first-order valence-corrected chi connectivity index (χ1v) is 18.3. The van der Waals surface area contributed by atoms with Crippen LogP contribution in [0.25, 0.3) is 0 Å². The second kappa shape index (κ2) is 16.2. The van der Waals surface area contributed by atoms with Crippen LogP contribution in [0.5, 0.6) is 0 Å². The maximum atomic E-state index is 13.5. The smallest absolute Gasteiger partial charge is 0.410 e. The van der Waals surface area contributed by atoms with E-state index in [2.05, 4.69) is 53.5 Å². The van der Waals surface area contributed by atoms with E-state index in [-0.39, 0.29) is 30.3 Å². The Labute approximate surface area is 325 Å². The van der Waals surface area contributed by atoms with Crippen LogP contribution in [0, 0.1) is 43.4 Å². The maximum absolute atomic E-state index is 13.5. The predicted octanol–water partition coefficient (Wildman–Crippen LogP) is 1.13. The lowest BCUT2D eigenvalue weighted by Gasteiger charge is -2.37. The van der Waals surface area contributed by atoms with Gasteiger partial charge in [0.2, 0.25) is 17.8 Å². The number of nitrogen functional groups attached to an aromatic ring is 4. The number of primary amides is 1. The van der Waals surface area contributed by atoms with Crippen molar-refractivity contribution < 1.29 is 18.9 Å². The fraction of sp³-hybridized carbons (Fsp3) is 0.385. The summed E-state index contributed by atoms with van der Waals surface area (Å²) < 4.78 is 7.85. The van der Waals surface area contributed by atoms with Gasteiger partial charge in [0.15, 0.2) is 0 Å². The first-order chi connectivity index (χ1) is 26.7. The summed E-state index contributed by atoms with van der Waals surface area (Å²) in [6.07, 6.45) is 4.24. The van der Waals surface area contributed by atoms with Gasteiger partial charge >= 0.3 is 6.09 Å². The number of piperidine rings is 1. The number of hydrogen-bond acceptors (Lipinski definition) is 14. The molecule has 0 spiro atoms. The zero-order valence-corrected chi connectivity index (χ0v) is 32.0. The Balaban J connectivity index is 1.11. The van der Waals surface area contributed by atoms with Crippen LogP contribution in [0.1, 0.15) is 60.3 Å². The van der Waals surface area contributed by atoms with E-state index >= 15 is 0 Å². The fourth-order valence-electron chi connectivity index (χ4n) is 6.64. The highest BCUT2D eigenvalue weighted by molar-refractivity contribution is 5.77. The van der Waals surface area contributed by atoms with Gasteiger partial charge in [-0.1, -0.05) is 23.7 Å². The number of ether oxygens (including phenoxy) is 1.